The molecule has 0 unspecified atom stereocenters. The van der Waals surface area contributed by atoms with Crippen LogP contribution in [-0.4, -0.2) is 20.0 Å². The van der Waals surface area contributed by atoms with E-state index in [4.69, 9.17) is 0 Å². The quantitative estimate of drug-likeness (QED) is 0.617. The Morgan fingerprint density at radius 2 is 1.73 bits per heavy atom. The van der Waals surface area contributed by atoms with E-state index < -0.39 is 9.84 Å². The van der Waals surface area contributed by atoms with Gasteiger partial charge in [0.25, 0.3) is 0 Å². The first kappa shape index (κ1) is 12.7. The molecule has 0 aliphatic rings. The molecule has 2 nitrogen and oxygen atoms in total. The Kier molecular flexibility index (Phi) is 4.80. The van der Waals surface area contributed by atoms with E-state index in [0.29, 0.717) is 4.90 Å². The molecule has 0 atom stereocenters. The van der Waals surface area contributed by atoms with Crippen LogP contribution in [0.4, 0.5) is 0 Å². The van der Waals surface area contributed by atoms with Crippen molar-refractivity contribution >= 4 is 25.8 Å². The fourth-order valence-corrected chi connectivity index (χ4v) is 2.35. The topological polar surface area (TPSA) is 34.1 Å². The third-order valence-corrected chi connectivity index (χ3v) is 3.89. The average molecular weight is 291 g/mol. The number of aryl methyl sites for hydroxylation is 1. The van der Waals surface area contributed by atoms with E-state index in [2.05, 4.69) is 15.9 Å². The molecule has 0 fully saturated rings. The van der Waals surface area contributed by atoms with Gasteiger partial charge in [-0.15, -0.1) is 0 Å². The van der Waals surface area contributed by atoms with Crippen LogP contribution in [0.3, 0.4) is 0 Å². The molecule has 84 valence electrons. The number of sulfone groups is 1. The van der Waals surface area contributed by atoms with Crippen LogP contribution in [0.5, 0.6) is 0 Å². The first-order valence-electron chi connectivity index (χ1n) is 4.89. The number of unbranched alkanes of at least 4 members (excludes halogenated alkanes) is 1. The lowest BCUT2D eigenvalue weighted by Crippen LogP contribution is -1.97. The fourth-order valence-electron chi connectivity index (χ4n) is 1.33. The van der Waals surface area contributed by atoms with Gasteiger partial charge in [0.15, 0.2) is 9.84 Å². The Balaban J connectivity index is 2.65. The van der Waals surface area contributed by atoms with Gasteiger partial charge in [0, 0.05) is 11.6 Å². The van der Waals surface area contributed by atoms with Gasteiger partial charge in [-0.25, -0.2) is 8.42 Å². The van der Waals surface area contributed by atoms with Crippen LogP contribution in [-0.2, 0) is 16.3 Å². The minimum Gasteiger partial charge on any atom is -0.224 e. The smallest absolute Gasteiger partial charge is 0.175 e. The molecule has 15 heavy (non-hydrogen) atoms. The molecule has 0 aromatic heterocycles. The lowest BCUT2D eigenvalue weighted by Gasteiger charge is -2.02. The SMILES string of the molecule is CS(=O)(=O)c1ccc(CCCCBr)cc1. The third-order valence-electron chi connectivity index (χ3n) is 2.20. The third kappa shape index (κ3) is 4.34. The predicted molar refractivity (Wildman–Crippen MR) is 66.3 cm³/mol. The summed E-state index contributed by atoms with van der Waals surface area (Å²) in [6.07, 6.45) is 4.51. The molecule has 0 N–H and O–H groups in total. The van der Waals surface area contributed by atoms with Crippen LogP contribution >= 0.6 is 15.9 Å². The molecular weight excluding hydrogens is 276 g/mol. The summed E-state index contributed by atoms with van der Waals surface area (Å²) >= 11 is 3.38. The molecule has 0 aliphatic heterocycles. The molecule has 1 rings (SSSR count). The highest BCUT2D eigenvalue weighted by Gasteiger charge is 2.05. The highest BCUT2D eigenvalue weighted by Crippen LogP contribution is 2.12. The summed E-state index contributed by atoms with van der Waals surface area (Å²) in [5.74, 6) is 0. The van der Waals surface area contributed by atoms with Crippen molar-refractivity contribution in [2.75, 3.05) is 11.6 Å². The minimum atomic E-state index is -3.05. The predicted octanol–water partition coefficient (Wildman–Crippen LogP) is 2.81. The summed E-state index contributed by atoms with van der Waals surface area (Å²) < 4.78 is 22.4. The van der Waals surface area contributed by atoms with Gasteiger partial charge in [-0.3, -0.25) is 0 Å². The molecular formula is C11H15BrO2S. The number of halogens is 1. The van der Waals surface area contributed by atoms with Crippen LogP contribution < -0.4 is 0 Å². The lowest BCUT2D eigenvalue weighted by molar-refractivity contribution is 0.602. The maximum Gasteiger partial charge on any atom is 0.175 e. The molecule has 1 aromatic rings. The van der Waals surface area contributed by atoms with Gasteiger partial charge in [-0.05, 0) is 37.0 Å². The Morgan fingerprint density at radius 3 is 2.20 bits per heavy atom. The van der Waals surface area contributed by atoms with Gasteiger partial charge in [-0.1, -0.05) is 28.1 Å². The Morgan fingerprint density at radius 1 is 1.13 bits per heavy atom. The molecule has 0 bridgehead atoms. The Bertz CT molecular complexity index is 395. The zero-order valence-corrected chi connectivity index (χ0v) is 11.1. The molecule has 0 aliphatic carbocycles. The minimum absolute atomic E-state index is 0.395. The molecule has 0 saturated carbocycles. The highest BCUT2D eigenvalue weighted by atomic mass is 79.9. The van der Waals surface area contributed by atoms with E-state index in [-0.39, 0.29) is 0 Å². The van der Waals surface area contributed by atoms with Gasteiger partial charge in [0.2, 0.25) is 0 Å². The highest BCUT2D eigenvalue weighted by molar-refractivity contribution is 9.09. The Hall–Kier alpha value is -0.350. The second kappa shape index (κ2) is 5.66. The molecule has 0 saturated heterocycles. The maximum absolute atomic E-state index is 11.2. The van der Waals surface area contributed by atoms with Crippen LogP contribution in [0.15, 0.2) is 29.2 Å². The lowest BCUT2D eigenvalue weighted by atomic mass is 10.1. The molecule has 0 radical (unpaired) electrons. The fraction of sp³-hybridized carbons (Fsp3) is 0.455. The van der Waals surface area contributed by atoms with Gasteiger partial charge in [-0.2, -0.15) is 0 Å². The van der Waals surface area contributed by atoms with Crippen LogP contribution in [0, 0.1) is 0 Å². The van der Waals surface area contributed by atoms with Crippen LogP contribution in [0.1, 0.15) is 18.4 Å². The van der Waals surface area contributed by atoms with Gasteiger partial charge < -0.3 is 0 Å². The molecule has 0 spiro atoms. The second-order valence-electron chi connectivity index (χ2n) is 3.56. The van der Waals surface area contributed by atoms with Crippen molar-refractivity contribution in [1.82, 2.24) is 0 Å². The van der Waals surface area contributed by atoms with E-state index >= 15 is 0 Å². The first-order chi connectivity index (χ1) is 7.04. The van der Waals surface area contributed by atoms with Crippen molar-refractivity contribution in [3.05, 3.63) is 29.8 Å². The first-order valence-corrected chi connectivity index (χ1v) is 7.90. The number of rotatable bonds is 5. The molecule has 0 amide bonds. The van der Waals surface area contributed by atoms with Gasteiger partial charge in [0.05, 0.1) is 4.90 Å². The Labute approximate surface area is 99.7 Å². The summed E-state index contributed by atoms with van der Waals surface area (Å²) in [7, 11) is -3.05. The monoisotopic (exact) mass is 290 g/mol. The number of benzene rings is 1. The average Bonchev–Trinajstić information content (AvgIpc) is 2.18. The van der Waals surface area contributed by atoms with E-state index in [1.54, 1.807) is 12.1 Å². The van der Waals surface area contributed by atoms with Crippen molar-refractivity contribution in [2.24, 2.45) is 0 Å². The van der Waals surface area contributed by atoms with E-state index in [1.807, 2.05) is 12.1 Å². The van der Waals surface area contributed by atoms with Crippen LogP contribution in [0.2, 0.25) is 0 Å². The maximum atomic E-state index is 11.2. The van der Waals surface area contributed by atoms with Crippen molar-refractivity contribution < 1.29 is 8.42 Å². The van der Waals surface area contributed by atoms with Gasteiger partial charge in [0.1, 0.15) is 0 Å². The summed E-state index contributed by atoms with van der Waals surface area (Å²) in [4.78, 5) is 0.395. The number of hydrogen-bond acceptors (Lipinski definition) is 2. The van der Waals surface area contributed by atoms with Crippen LogP contribution in [0.25, 0.3) is 0 Å². The van der Waals surface area contributed by atoms with Crippen molar-refractivity contribution in [1.29, 1.82) is 0 Å². The molecule has 4 heteroatoms. The second-order valence-corrected chi connectivity index (χ2v) is 6.37. The van der Waals surface area contributed by atoms with E-state index in [0.717, 1.165) is 24.6 Å². The van der Waals surface area contributed by atoms with Gasteiger partial charge >= 0.3 is 0 Å². The number of hydrogen-bond donors (Lipinski definition) is 0. The normalized spacial score (nSPS) is 11.6. The zero-order chi connectivity index (χ0) is 11.3. The van der Waals surface area contributed by atoms with E-state index in [1.165, 1.54) is 11.8 Å². The van der Waals surface area contributed by atoms with Crippen molar-refractivity contribution in [2.45, 2.75) is 24.2 Å². The summed E-state index contributed by atoms with van der Waals surface area (Å²) in [6.45, 7) is 0. The molecule has 1 aromatic carbocycles. The standard InChI is InChI=1S/C11H15BrO2S/c1-15(13,14)11-7-5-10(6-8-11)4-2-3-9-12/h5-8H,2-4,9H2,1H3. The molecule has 0 heterocycles. The van der Waals surface area contributed by atoms with E-state index in [9.17, 15) is 8.42 Å². The van der Waals surface area contributed by atoms with Crippen molar-refractivity contribution in [3.63, 3.8) is 0 Å². The largest absolute Gasteiger partial charge is 0.224 e. The summed E-state index contributed by atoms with van der Waals surface area (Å²) in [6, 6.07) is 7.15. The zero-order valence-electron chi connectivity index (χ0n) is 8.74. The summed E-state index contributed by atoms with van der Waals surface area (Å²) in [5, 5.41) is 1.02. The number of alkyl halides is 1. The summed E-state index contributed by atoms with van der Waals surface area (Å²) in [5.41, 5.74) is 1.20. The van der Waals surface area contributed by atoms with Crippen molar-refractivity contribution in [3.8, 4) is 0 Å².